The lowest BCUT2D eigenvalue weighted by Gasteiger charge is -2.15. The molecule has 0 saturated carbocycles. The monoisotopic (exact) mass is 310 g/mol. The molecule has 0 aliphatic heterocycles. The molecule has 0 amide bonds. The second-order valence-electron chi connectivity index (χ2n) is 4.35. The van der Waals surface area contributed by atoms with Gasteiger partial charge in [0, 0.05) is 17.3 Å². The number of nitrogens with one attached hydrogen (secondary N) is 1. The Morgan fingerprint density at radius 2 is 1.90 bits per heavy atom. The Morgan fingerprint density at radius 3 is 2.52 bits per heavy atom. The molecule has 2 aromatic rings. The minimum atomic E-state index is -4.52. The van der Waals surface area contributed by atoms with E-state index >= 15 is 0 Å². The number of halogens is 4. The molecule has 0 saturated heterocycles. The fourth-order valence-electron chi connectivity index (χ4n) is 1.85. The van der Waals surface area contributed by atoms with Crippen LogP contribution in [0.25, 0.3) is 0 Å². The first-order chi connectivity index (χ1) is 9.90. The summed E-state index contributed by atoms with van der Waals surface area (Å²) in [7, 11) is 0. The fourth-order valence-corrected chi connectivity index (χ4v) is 2.06. The first-order valence-electron chi connectivity index (χ1n) is 6.00. The topological polar surface area (TPSA) is 35.8 Å². The van der Waals surface area contributed by atoms with Crippen molar-refractivity contribution in [3.8, 4) is 6.07 Å². The van der Waals surface area contributed by atoms with Crippen molar-refractivity contribution >= 4 is 17.3 Å². The third kappa shape index (κ3) is 3.89. The first-order valence-corrected chi connectivity index (χ1v) is 6.37. The molecule has 1 N–H and O–H groups in total. The summed E-state index contributed by atoms with van der Waals surface area (Å²) in [5.74, 6) is 0. The number of benzene rings is 2. The largest absolute Gasteiger partial charge is 0.418 e. The number of nitrogens with zero attached hydrogens (tertiary/aromatic N) is 1. The minimum Gasteiger partial charge on any atom is -0.380 e. The summed E-state index contributed by atoms with van der Waals surface area (Å²) < 4.78 is 39.0. The molecule has 6 heteroatoms. The van der Waals surface area contributed by atoms with E-state index in [1.807, 2.05) is 0 Å². The van der Waals surface area contributed by atoms with Crippen LogP contribution in [0.15, 0.2) is 42.5 Å². The van der Waals surface area contributed by atoms with Crippen molar-refractivity contribution in [3.63, 3.8) is 0 Å². The van der Waals surface area contributed by atoms with Crippen molar-refractivity contribution in [3.05, 3.63) is 64.2 Å². The van der Waals surface area contributed by atoms with E-state index in [1.165, 1.54) is 12.1 Å². The summed E-state index contributed by atoms with van der Waals surface area (Å²) in [5, 5.41) is 11.9. The molecule has 0 fully saturated rings. The van der Waals surface area contributed by atoms with Crippen molar-refractivity contribution < 1.29 is 13.2 Å². The highest BCUT2D eigenvalue weighted by molar-refractivity contribution is 6.30. The minimum absolute atomic E-state index is 0.0318. The molecule has 0 radical (unpaired) electrons. The predicted molar refractivity (Wildman–Crippen MR) is 74.9 cm³/mol. The van der Waals surface area contributed by atoms with Crippen LogP contribution < -0.4 is 5.32 Å². The summed E-state index contributed by atoms with van der Waals surface area (Å²) in [6.07, 6.45) is -4.52. The van der Waals surface area contributed by atoms with Gasteiger partial charge in [0.25, 0.3) is 0 Å². The van der Waals surface area contributed by atoms with Crippen LogP contribution in [-0.2, 0) is 12.7 Å². The molecule has 2 aromatic carbocycles. The maximum Gasteiger partial charge on any atom is 0.418 e. The van der Waals surface area contributed by atoms with Gasteiger partial charge < -0.3 is 5.32 Å². The Kier molecular flexibility index (Phi) is 4.39. The Balaban J connectivity index is 2.26. The van der Waals surface area contributed by atoms with Gasteiger partial charge in [0.2, 0.25) is 0 Å². The smallest absolute Gasteiger partial charge is 0.380 e. The molecule has 0 bridgehead atoms. The van der Waals surface area contributed by atoms with E-state index < -0.39 is 11.7 Å². The Labute approximate surface area is 124 Å². The van der Waals surface area contributed by atoms with E-state index in [9.17, 15) is 13.2 Å². The molecule has 0 heterocycles. The molecular weight excluding hydrogens is 301 g/mol. The Morgan fingerprint density at radius 1 is 1.14 bits per heavy atom. The third-order valence-corrected chi connectivity index (χ3v) is 3.06. The average Bonchev–Trinajstić information content (AvgIpc) is 2.44. The lowest BCUT2D eigenvalue weighted by Crippen LogP contribution is -2.11. The maximum atomic E-state index is 13.0. The third-order valence-electron chi connectivity index (χ3n) is 2.83. The molecule has 0 atom stereocenters. The van der Waals surface area contributed by atoms with Crippen molar-refractivity contribution in [2.75, 3.05) is 5.32 Å². The molecule has 0 unspecified atom stereocenters. The Bertz CT molecular complexity index is 690. The van der Waals surface area contributed by atoms with Crippen LogP contribution in [0.5, 0.6) is 0 Å². The number of anilines is 1. The SMILES string of the molecule is N#Cc1ccc(NCc2cccc(Cl)c2)c(C(F)(F)F)c1. The van der Waals surface area contributed by atoms with Gasteiger partial charge in [-0.2, -0.15) is 18.4 Å². The number of rotatable bonds is 3. The van der Waals surface area contributed by atoms with E-state index in [2.05, 4.69) is 5.32 Å². The molecule has 0 spiro atoms. The Hall–Kier alpha value is -2.19. The maximum absolute atomic E-state index is 13.0. The van der Waals surface area contributed by atoms with Crippen LogP contribution in [0.2, 0.25) is 5.02 Å². The molecular formula is C15H10ClF3N2. The van der Waals surface area contributed by atoms with E-state index in [4.69, 9.17) is 16.9 Å². The average molecular weight is 311 g/mol. The van der Waals surface area contributed by atoms with Crippen LogP contribution in [0.4, 0.5) is 18.9 Å². The van der Waals surface area contributed by atoms with Gasteiger partial charge in [-0.15, -0.1) is 0 Å². The molecule has 0 aliphatic rings. The molecule has 0 aliphatic carbocycles. The quantitative estimate of drug-likeness (QED) is 0.880. The van der Waals surface area contributed by atoms with Crippen LogP contribution in [-0.4, -0.2) is 0 Å². The van der Waals surface area contributed by atoms with E-state index in [1.54, 1.807) is 30.3 Å². The zero-order valence-corrected chi connectivity index (χ0v) is 11.5. The normalized spacial score (nSPS) is 11.0. The van der Waals surface area contributed by atoms with Gasteiger partial charge in [-0.05, 0) is 35.9 Å². The summed E-state index contributed by atoms with van der Waals surface area (Å²) in [5.41, 5.74) is -0.194. The van der Waals surface area contributed by atoms with Crippen molar-refractivity contribution in [1.29, 1.82) is 5.26 Å². The summed E-state index contributed by atoms with van der Waals surface area (Å²) in [4.78, 5) is 0. The lowest BCUT2D eigenvalue weighted by molar-refractivity contribution is -0.137. The van der Waals surface area contributed by atoms with Crippen LogP contribution in [0.1, 0.15) is 16.7 Å². The van der Waals surface area contributed by atoms with E-state index in [0.717, 1.165) is 11.6 Å². The predicted octanol–water partition coefficient (Wildman–Crippen LogP) is 4.84. The van der Waals surface area contributed by atoms with Gasteiger partial charge in [0.1, 0.15) is 0 Å². The van der Waals surface area contributed by atoms with Crippen LogP contribution in [0, 0.1) is 11.3 Å². The summed E-state index contributed by atoms with van der Waals surface area (Å²) >= 11 is 5.83. The van der Waals surface area contributed by atoms with Crippen molar-refractivity contribution in [1.82, 2.24) is 0 Å². The standard InChI is InChI=1S/C15H10ClF3N2/c16-12-3-1-2-11(6-12)9-21-14-5-4-10(8-20)7-13(14)15(17,18)19/h1-7,21H,9H2. The molecule has 2 nitrogen and oxygen atoms in total. The van der Waals surface area contributed by atoms with Crippen LogP contribution >= 0.6 is 11.6 Å². The van der Waals surface area contributed by atoms with Gasteiger partial charge in [-0.25, -0.2) is 0 Å². The van der Waals surface area contributed by atoms with E-state index in [0.29, 0.717) is 5.02 Å². The molecule has 2 rings (SSSR count). The van der Waals surface area contributed by atoms with Crippen molar-refractivity contribution in [2.24, 2.45) is 0 Å². The fraction of sp³-hybridized carbons (Fsp3) is 0.133. The van der Waals surface area contributed by atoms with Gasteiger partial charge in [-0.1, -0.05) is 23.7 Å². The van der Waals surface area contributed by atoms with Crippen molar-refractivity contribution in [2.45, 2.75) is 12.7 Å². The highest BCUT2D eigenvalue weighted by atomic mass is 35.5. The van der Waals surface area contributed by atoms with Gasteiger partial charge in [0.15, 0.2) is 0 Å². The zero-order chi connectivity index (χ0) is 15.5. The van der Waals surface area contributed by atoms with Gasteiger partial charge in [0.05, 0.1) is 17.2 Å². The number of hydrogen-bond acceptors (Lipinski definition) is 2. The highest BCUT2D eigenvalue weighted by Gasteiger charge is 2.33. The highest BCUT2D eigenvalue weighted by Crippen LogP contribution is 2.35. The van der Waals surface area contributed by atoms with E-state index in [-0.39, 0.29) is 17.8 Å². The lowest BCUT2D eigenvalue weighted by atomic mass is 10.1. The first kappa shape index (κ1) is 15.2. The number of hydrogen-bond donors (Lipinski definition) is 1. The second kappa shape index (κ2) is 6.06. The van der Waals surface area contributed by atoms with Gasteiger partial charge >= 0.3 is 6.18 Å². The number of nitriles is 1. The molecule has 108 valence electrons. The second-order valence-corrected chi connectivity index (χ2v) is 4.79. The summed E-state index contributed by atoms with van der Waals surface area (Å²) in [6, 6.07) is 12.0. The molecule has 0 aromatic heterocycles. The molecule has 21 heavy (non-hydrogen) atoms. The van der Waals surface area contributed by atoms with Crippen LogP contribution in [0.3, 0.4) is 0 Å². The summed E-state index contributed by atoms with van der Waals surface area (Å²) in [6.45, 7) is 0.204. The number of alkyl halides is 3. The zero-order valence-electron chi connectivity index (χ0n) is 10.7. The van der Waals surface area contributed by atoms with Gasteiger partial charge in [-0.3, -0.25) is 0 Å².